The first-order chi connectivity index (χ1) is 13.1. The molecule has 0 radical (unpaired) electrons. The van der Waals surface area contributed by atoms with E-state index in [9.17, 15) is 4.79 Å². The second-order valence-corrected chi connectivity index (χ2v) is 8.00. The van der Waals surface area contributed by atoms with E-state index in [1.165, 1.54) is 11.8 Å². The molecule has 0 atom stereocenters. The molecule has 7 heteroatoms. The van der Waals surface area contributed by atoms with E-state index in [1.807, 2.05) is 66.3 Å². The molecule has 1 amide bonds. The zero-order chi connectivity index (χ0) is 19.2. The van der Waals surface area contributed by atoms with Crippen molar-refractivity contribution in [2.45, 2.75) is 19.0 Å². The molecule has 0 fully saturated rings. The maximum atomic E-state index is 12.6. The van der Waals surface area contributed by atoms with E-state index < -0.39 is 0 Å². The number of thioether (sulfide) groups is 1. The monoisotopic (exact) mass is 398 g/mol. The minimum Gasteiger partial charge on any atom is -0.338 e. The minimum atomic E-state index is 0.0748. The van der Waals surface area contributed by atoms with Gasteiger partial charge in [-0.25, -0.2) is 0 Å². The van der Waals surface area contributed by atoms with Crippen LogP contribution in [-0.4, -0.2) is 44.4 Å². The lowest BCUT2D eigenvalue weighted by molar-refractivity contribution is -0.127. The third kappa shape index (κ3) is 4.67. The molecule has 0 aliphatic carbocycles. The van der Waals surface area contributed by atoms with Gasteiger partial charge in [-0.1, -0.05) is 48.2 Å². The van der Waals surface area contributed by atoms with Crippen molar-refractivity contribution in [3.05, 3.63) is 60.0 Å². The molecule has 0 aliphatic rings. The molecular formula is C20H22N4OS2. The van der Waals surface area contributed by atoms with Crippen LogP contribution in [0.2, 0.25) is 0 Å². The van der Waals surface area contributed by atoms with Crippen molar-refractivity contribution in [1.82, 2.24) is 19.7 Å². The molecule has 0 unspecified atom stereocenters. The van der Waals surface area contributed by atoms with Crippen LogP contribution in [0.4, 0.5) is 0 Å². The van der Waals surface area contributed by atoms with Gasteiger partial charge in [-0.05, 0) is 37.4 Å². The summed E-state index contributed by atoms with van der Waals surface area (Å²) < 4.78 is 2.01. The highest BCUT2D eigenvalue weighted by Crippen LogP contribution is 2.30. The Morgan fingerprint density at radius 3 is 2.63 bits per heavy atom. The number of hydrogen-bond donors (Lipinski definition) is 0. The van der Waals surface area contributed by atoms with Crippen LogP contribution in [0.25, 0.3) is 16.4 Å². The van der Waals surface area contributed by atoms with Gasteiger partial charge in [0, 0.05) is 18.8 Å². The van der Waals surface area contributed by atoms with Crippen molar-refractivity contribution >= 4 is 29.0 Å². The van der Waals surface area contributed by atoms with Crippen LogP contribution in [0.15, 0.2) is 65.2 Å². The molecule has 5 nitrogen and oxygen atoms in total. The molecule has 2 heterocycles. The van der Waals surface area contributed by atoms with E-state index in [2.05, 4.69) is 16.8 Å². The summed E-state index contributed by atoms with van der Waals surface area (Å²) in [6, 6.07) is 14.0. The Bertz CT molecular complexity index is 903. The second-order valence-electron chi connectivity index (χ2n) is 6.11. The fourth-order valence-corrected chi connectivity index (χ4v) is 4.21. The van der Waals surface area contributed by atoms with Crippen LogP contribution in [0, 0.1) is 0 Å². The molecule has 0 saturated heterocycles. The molecule has 140 valence electrons. The van der Waals surface area contributed by atoms with Crippen LogP contribution in [0.5, 0.6) is 0 Å². The maximum Gasteiger partial charge on any atom is 0.233 e. The second kappa shape index (κ2) is 9.01. The van der Waals surface area contributed by atoms with Crippen LogP contribution in [0.1, 0.15) is 13.8 Å². The van der Waals surface area contributed by atoms with Gasteiger partial charge < -0.3 is 4.90 Å². The van der Waals surface area contributed by atoms with Gasteiger partial charge >= 0.3 is 0 Å². The summed E-state index contributed by atoms with van der Waals surface area (Å²) in [6.45, 7) is 9.06. The van der Waals surface area contributed by atoms with Gasteiger partial charge in [-0.2, -0.15) is 0 Å². The Labute approximate surface area is 167 Å². The molecule has 3 rings (SSSR count). The SMILES string of the molecule is C=C(C)CN(CC)C(=O)CSc1nnc(-c2cccs2)n1-c1ccccc1. The Balaban J connectivity index is 1.86. The number of para-hydroxylation sites is 1. The highest BCUT2D eigenvalue weighted by Gasteiger charge is 2.19. The number of carbonyl (C=O) groups excluding carboxylic acids is 1. The lowest BCUT2D eigenvalue weighted by Gasteiger charge is -2.20. The smallest absolute Gasteiger partial charge is 0.233 e. The van der Waals surface area contributed by atoms with E-state index >= 15 is 0 Å². The highest BCUT2D eigenvalue weighted by atomic mass is 32.2. The lowest BCUT2D eigenvalue weighted by atomic mass is 10.3. The van der Waals surface area contributed by atoms with E-state index in [0.29, 0.717) is 24.0 Å². The zero-order valence-electron chi connectivity index (χ0n) is 15.5. The molecule has 0 aliphatic heterocycles. The standard InChI is InChI=1S/C20H22N4OS2/c1-4-23(13-15(2)3)18(25)14-27-20-22-21-19(17-11-8-12-26-17)24(20)16-9-6-5-7-10-16/h5-12H,2,4,13-14H2,1,3H3. The Morgan fingerprint density at radius 1 is 1.22 bits per heavy atom. The molecule has 0 spiro atoms. The molecule has 27 heavy (non-hydrogen) atoms. The fourth-order valence-electron chi connectivity index (χ4n) is 2.66. The number of hydrogen-bond acceptors (Lipinski definition) is 5. The number of amides is 1. The quantitative estimate of drug-likeness (QED) is 0.414. The summed E-state index contributed by atoms with van der Waals surface area (Å²) in [4.78, 5) is 15.4. The predicted octanol–water partition coefficient (Wildman–Crippen LogP) is 4.51. The summed E-state index contributed by atoms with van der Waals surface area (Å²) in [5.74, 6) is 1.18. The molecule has 0 bridgehead atoms. The first-order valence-electron chi connectivity index (χ1n) is 8.69. The third-order valence-corrected chi connectivity index (χ3v) is 5.69. The van der Waals surface area contributed by atoms with Gasteiger partial charge in [0.2, 0.25) is 5.91 Å². The largest absolute Gasteiger partial charge is 0.338 e. The maximum absolute atomic E-state index is 12.6. The average Bonchev–Trinajstić information content (AvgIpc) is 3.34. The molecule has 0 N–H and O–H groups in total. The highest BCUT2D eigenvalue weighted by molar-refractivity contribution is 7.99. The van der Waals surface area contributed by atoms with Crippen molar-refractivity contribution in [3.63, 3.8) is 0 Å². The van der Waals surface area contributed by atoms with E-state index in [0.717, 1.165) is 22.0 Å². The van der Waals surface area contributed by atoms with Crippen LogP contribution in [0.3, 0.4) is 0 Å². The van der Waals surface area contributed by atoms with E-state index in [4.69, 9.17) is 0 Å². The van der Waals surface area contributed by atoms with Crippen molar-refractivity contribution in [3.8, 4) is 16.4 Å². The number of benzene rings is 1. The van der Waals surface area contributed by atoms with Gasteiger partial charge in [0.05, 0.1) is 10.6 Å². The van der Waals surface area contributed by atoms with Gasteiger partial charge in [0.15, 0.2) is 11.0 Å². The number of nitrogens with zero attached hydrogens (tertiary/aromatic N) is 4. The van der Waals surface area contributed by atoms with Crippen LogP contribution < -0.4 is 0 Å². The Morgan fingerprint density at radius 2 is 2.00 bits per heavy atom. The molecule has 0 saturated carbocycles. The van der Waals surface area contributed by atoms with E-state index in [-0.39, 0.29) is 5.91 Å². The average molecular weight is 399 g/mol. The summed E-state index contributed by atoms with van der Waals surface area (Å²) in [6.07, 6.45) is 0. The lowest BCUT2D eigenvalue weighted by Crippen LogP contribution is -2.33. The zero-order valence-corrected chi connectivity index (χ0v) is 17.1. The van der Waals surface area contributed by atoms with Crippen molar-refractivity contribution in [2.75, 3.05) is 18.8 Å². The van der Waals surface area contributed by atoms with Crippen LogP contribution in [-0.2, 0) is 4.79 Å². The van der Waals surface area contributed by atoms with Crippen molar-refractivity contribution < 1.29 is 4.79 Å². The topological polar surface area (TPSA) is 51.0 Å². The molecular weight excluding hydrogens is 376 g/mol. The minimum absolute atomic E-state index is 0.0748. The fraction of sp³-hybridized carbons (Fsp3) is 0.250. The normalized spacial score (nSPS) is 10.7. The van der Waals surface area contributed by atoms with Crippen LogP contribution >= 0.6 is 23.1 Å². The van der Waals surface area contributed by atoms with Crippen molar-refractivity contribution in [1.29, 1.82) is 0 Å². The molecule has 3 aromatic rings. The number of aromatic nitrogens is 3. The summed E-state index contributed by atoms with van der Waals surface area (Å²) >= 11 is 3.03. The van der Waals surface area contributed by atoms with E-state index in [1.54, 1.807) is 16.2 Å². The molecule has 1 aromatic carbocycles. The van der Waals surface area contributed by atoms with Gasteiger partial charge in [-0.3, -0.25) is 9.36 Å². The first kappa shape index (κ1) is 19.4. The Hall–Kier alpha value is -2.38. The third-order valence-electron chi connectivity index (χ3n) is 3.91. The summed E-state index contributed by atoms with van der Waals surface area (Å²) in [5, 5.41) is 11.5. The van der Waals surface area contributed by atoms with Gasteiger partial charge in [-0.15, -0.1) is 21.5 Å². The summed E-state index contributed by atoms with van der Waals surface area (Å²) in [5.41, 5.74) is 1.96. The predicted molar refractivity (Wildman–Crippen MR) is 112 cm³/mol. The Kier molecular flexibility index (Phi) is 6.47. The van der Waals surface area contributed by atoms with Crippen molar-refractivity contribution in [2.24, 2.45) is 0 Å². The number of carbonyl (C=O) groups is 1. The first-order valence-corrected chi connectivity index (χ1v) is 10.6. The van der Waals surface area contributed by atoms with Gasteiger partial charge in [0.1, 0.15) is 0 Å². The number of rotatable bonds is 8. The number of likely N-dealkylation sites (N-methyl/N-ethyl adjacent to an activating group) is 1. The number of thiophene rings is 1. The summed E-state index contributed by atoms with van der Waals surface area (Å²) in [7, 11) is 0. The van der Waals surface area contributed by atoms with Gasteiger partial charge in [0.25, 0.3) is 0 Å². The molecule has 2 aromatic heterocycles.